The predicted octanol–water partition coefficient (Wildman–Crippen LogP) is 14.3. The van der Waals surface area contributed by atoms with E-state index in [4.69, 9.17) is 9.97 Å². The topological polar surface area (TPSA) is 57.4 Å². The zero-order chi connectivity index (χ0) is 38.3. The zero-order valence-electron chi connectivity index (χ0n) is 32.6. The molecule has 4 aliphatic rings. The lowest BCUT2D eigenvalue weighted by atomic mass is 9.72. The van der Waals surface area contributed by atoms with Crippen LogP contribution in [0, 0.1) is 55.4 Å². The Kier molecular flexibility index (Phi) is 8.55. The van der Waals surface area contributed by atoms with Crippen molar-refractivity contribution in [2.75, 3.05) is 11.5 Å². The van der Waals surface area contributed by atoms with Crippen molar-refractivity contribution < 1.29 is 0 Å². The summed E-state index contributed by atoms with van der Waals surface area (Å²) in [4.78, 5) is 31.8. The van der Waals surface area contributed by atoms with Gasteiger partial charge in [0.25, 0.3) is 0 Å². The van der Waals surface area contributed by atoms with E-state index in [0.29, 0.717) is 0 Å². The quantitative estimate of drug-likeness (QED) is 0.175. The van der Waals surface area contributed by atoms with E-state index in [9.17, 15) is 0 Å². The van der Waals surface area contributed by atoms with Crippen LogP contribution in [0.1, 0.15) is 64.5 Å². The van der Waals surface area contributed by atoms with E-state index in [1.165, 1.54) is 93.4 Å². The first-order chi connectivity index (χ1) is 26.2. The molecule has 1 saturated heterocycles. The lowest BCUT2D eigenvalue weighted by Gasteiger charge is -2.46. The minimum Gasteiger partial charge on any atom is -0.337 e. The molecule has 9 heterocycles. The Morgan fingerprint density at radius 1 is 0.509 bits per heavy atom. The molecule has 1 fully saturated rings. The second kappa shape index (κ2) is 12.9. The fourth-order valence-electron chi connectivity index (χ4n) is 9.00. The van der Waals surface area contributed by atoms with Gasteiger partial charge in [-0.2, -0.15) is 11.8 Å². The summed E-state index contributed by atoms with van der Waals surface area (Å²) in [7, 11) is 0. The number of hydrogen-bond donors (Lipinski definition) is 2. The first kappa shape index (κ1) is 36.6. The Bertz CT molecular complexity index is 2450. The first-order valence-corrected chi connectivity index (χ1v) is 24.6. The molecule has 0 aromatic carbocycles. The highest BCUT2D eigenvalue weighted by Crippen LogP contribution is 2.70. The standard InChI is InChI=1S/C44H42N4S7/c1-19-11-27(23(5)50-19)37-38(28-12-20(2)51-24(28)6)46-41(45-37)35-15-33-31-17-49-18-32(31)34-16-36(55-44(34,10)43(33,9)54-35)42-47-39(29-13-21(3)52-25(29)7)40(48-42)30-14-22(4)53-26(30)8/h11-16H,17-18H2,1-10H3,(H,45,46)(H,47,48). The number of aromatic amines is 2. The largest absolute Gasteiger partial charge is 0.337 e. The summed E-state index contributed by atoms with van der Waals surface area (Å²) in [5.41, 5.74) is 15.4. The van der Waals surface area contributed by atoms with E-state index in [2.05, 4.69) is 127 Å². The SMILES string of the molecule is Cc1cc(-c2nc(C3=CC4=C5CSCC5=C5C=C(c6nc(-c7cc(C)sc7C)c(-c7cc(C)sc7C)[nH]6)SC5(C)C4(C)S3)[nH]c2-c2cc(C)sc2C)c(C)s1. The van der Waals surface area contributed by atoms with E-state index in [1.54, 1.807) is 0 Å². The number of thioether (sulfide) groups is 3. The van der Waals surface area contributed by atoms with Crippen LogP contribution >= 0.6 is 80.6 Å². The summed E-state index contributed by atoms with van der Waals surface area (Å²) in [6.45, 7) is 22.7. The number of hydrogen-bond acceptors (Lipinski definition) is 9. The summed E-state index contributed by atoms with van der Waals surface area (Å²) in [6, 6.07) is 9.28. The maximum Gasteiger partial charge on any atom is 0.145 e. The third-order valence-electron chi connectivity index (χ3n) is 11.7. The normalized spacial score (nSPS) is 21.9. The molecule has 0 spiro atoms. The minimum absolute atomic E-state index is 0.193. The van der Waals surface area contributed by atoms with Gasteiger partial charge in [-0.25, -0.2) is 9.97 Å². The number of rotatable bonds is 6. The van der Waals surface area contributed by atoms with E-state index in [-0.39, 0.29) is 9.49 Å². The van der Waals surface area contributed by atoms with Crippen LogP contribution in [-0.4, -0.2) is 40.9 Å². The molecule has 0 amide bonds. The van der Waals surface area contributed by atoms with Gasteiger partial charge in [-0.1, -0.05) is 0 Å². The molecule has 6 aromatic rings. The van der Waals surface area contributed by atoms with Gasteiger partial charge < -0.3 is 9.97 Å². The number of imidazole rings is 2. The van der Waals surface area contributed by atoms with E-state index in [0.717, 1.165) is 45.9 Å². The molecular weight excluding hydrogens is 809 g/mol. The Morgan fingerprint density at radius 2 is 0.855 bits per heavy atom. The van der Waals surface area contributed by atoms with Crippen molar-refractivity contribution in [3.63, 3.8) is 0 Å². The summed E-state index contributed by atoms with van der Waals surface area (Å²) in [6.07, 6.45) is 4.98. The van der Waals surface area contributed by atoms with Crippen LogP contribution in [0.3, 0.4) is 0 Å². The fourth-order valence-corrected chi connectivity index (χ4v) is 16.9. The molecule has 6 aromatic heterocycles. The van der Waals surface area contributed by atoms with Crippen molar-refractivity contribution in [3.8, 4) is 45.0 Å². The van der Waals surface area contributed by atoms with Crippen LogP contribution in [0.25, 0.3) is 54.8 Å². The molecule has 280 valence electrons. The highest BCUT2D eigenvalue weighted by atomic mass is 32.2. The average Bonchev–Trinajstić information content (AvgIpc) is 3.96. The summed E-state index contributed by atoms with van der Waals surface area (Å²) in [5, 5.41) is 0. The molecule has 1 aliphatic carbocycles. The van der Waals surface area contributed by atoms with Crippen LogP contribution in [0.15, 0.2) is 58.7 Å². The number of H-pyrrole nitrogens is 2. The second-order valence-corrected chi connectivity index (χ2v) is 25.2. The zero-order valence-corrected chi connectivity index (χ0v) is 38.3. The van der Waals surface area contributed by atoms with Gasteiger partial charge in [0.2, 0.25) is 0 Å². The Balaban J connectivity index is 1.08. The van der Waals surface area contributed by atoms with Crippen LogP contribution in [0.4, 0.5) is 0 Å². The van der Waals surface area contributed by atoms with Crippen LogP contribution in [-0.2, 0) is 0 Å². The lowest BCUT2D eigenvalue weighted by Crippen LogP contribution is -2.47. The highest BCUT2D eigenvalue weighted by molar-refractivity contribution is 8.14. The van der Waals surface area contributed by atoms with Gasteiger partial charge in [-0.3, -0.25) is 0 Å². The number of aromatic nitrogens is 4. The van der Waals surface area contributed by atoms with E-state index >= 15 is 0 Å². The van der Waals surface area contributed by atoms with Gasteiger partial charge in [-0.05, 0) is 128 Å². The van der Waals surface area contributed by atoms with Gasteiger partial charge in [0.05, 0.1) is 42.1 Å². The third kappa shape index (κ3) is 5.50. The number of fused-ring (bicyclic) bond motifs is 4. The molecule has 4 nitrogen and oxygen atoms in total. The van der Waals surface area contributed by atoms with E-state index in [1.807, 2.05) is 68.9 Å². The van der Waals surface area contributed by atoms with Crippen molar-refractivity contribution >= 4 is 90.4 Å². The first-order valence-electron chi connectivity index (χ1n) is 18.6. The molecule has 0 bridgehead atoms. The Morgan fingerprint density at radius 3 is 1.18 bits per heavy atom. The molecule has 0 saturated carbocycles. The van der Waals surface area contributed by atoms with E-state index < -0.39 is 0 Å². The maximum atomic E-state index is 5.49. The maximum absolute atomic E-state index is 5.49. The van der Waals surface area contributed by atoms with Crippen molar-refractivity contribution in [2.45, 2.75) is 78.7 Å². The van der Waals surface area contributed by atoms with Crippen molar-refractivity contribution in [2.24, 2.45) is 0 Å². The molecule has 0 radical (unpaired) electrons. The highest BCUT2D eigenvalue weighted by Gasteiger charge is 2.60. The summed E-state index contributed by atoms with van der Waals surface area (Å²) >= 11 is 13.5. The van der Waals surface area contributed by atoms with Crippen molar-refractivity contribution in [1.29, 1.82) is 0 Å². The smallest absolute Gasteiger partial charge is 0.145 e. The molecule has 10 rings (SSSR count). The monoisotopic (exact) mass is 850 g/mol. The number of aryl methyl sites for hydroxylation is 8. The molecular formula is C44H42N4S7. The van der Waals surface area contributed by atoms with Gasteiger partial charge in [0.15, 0.2) is 0 Å². The number of nitrogens with one attached hydrogen (secondary N) is 2. The van der Waals surface area contributed by atoms with Crippen molar-refractivity contribution in [3.05, 3.63) is 109 Å². The van der Waals surface area contributed by atoms with Gasteiger partial charge in [-0.15, -0.1) is 68.9 Å². The Hall–Kier alpha value is -2.77. The molecule has 2 N–H and O–H groups in total. The van der Waals surface area contributed by atoms with Crippen LogP contribution in [0.5, 0.6) is 0 Å². The van der Waals surface area contributed by atoms with Gasteiger partial charge in [0.1, 0.15) is 11.6 Å². The fraction of sp³-hybridized carbons (Fsp3) is 0.318. The van der Waals surface area contributed by atoms with Crippen LogP contribution < -0.4 is 0 Å². The average molecular weight is 851 g/mol. The van der Waals surface area contributed by atoms with Gasteiger partial charge in [0, 0.05) is 72.8 Å². The number of thiophene rings is 4. The predicted molar refractivity (Wildman–Crippen MR) is 248 cm³/mol. The lowest BCUT2D eigenvalue weighted by molar-refractivity contribution is 0.609. The molecule has 55 heavy (non-hydrogen) atoms. The van der Waals surface area contributed by atoms with Crippen molar-refractivity contribution in [1.82, 2.24) is 19.9 Å². The summed E-state index contributed by atoms with van der Waals surface area (Å²) < 4.78 is -0.386. The molecule has 3 aliphatic heterocycles. The Labute approximate surface area is 352 Å². The molecule has 11 heteroatoms. The van der Waals surface area contributed by atoms with Crippen LogP contribution in [0.2, 0.25) is 0 Å². The summed E-state index contributed by atoms with van der Waals surface area (Å²) in [5.74, 6) is 4.05. The number of nitrogens with zero attached hydrogens (tertiary/aromatic N) is 2. The minimum atomic E-state index is -0.193. The molecule has 2 unspecified atom stereocenters. The second-order valence-electron chi connectivity index (χ2n) is 15.5. The molecule has 2 atom stereocenters. The number of allylic oxidation sites excluding steroid dienone is 2. The van der Waals surface area contributed by atoms with Gasteiger partial charge >= 0.3 is 0 Å². The third-order valence-corrected chi connectivity index (χ3v) is 19.8.